The Balaban J connectivity index is 1.63. The number of anilines is 1. The van der Waals surface area contributed by atoms with Crippen LogP contribution in [-0.2, 0) is 16.0 Å². The zero-order chi connectivity index (χ0) is 25.1. The molecule has 3 aromatic rings. The van der Waals surface area contributed by atoms with Gasteiger partial charge in [-0.1, -0.05) is 48.0 Å². The number of hydrogen-bond acceptors (Lipinski definition) is 7. The number of urea groups is 1. The van der Waals surface area contributed by atoms with Crippen LogP contribution in [0, 0.1) is 0 Å². The van der Waals surface area contributed by atoms with Crippen molar-refractivity contribution >= 4 is 51.9 Å². The number of thiazole rings is 1. The van der Waals surface area contributed by atoms with E-state index in [9.17, 15) is 19.2 Å². The van der Waals surface area contributed by atoms with Crippen LogP contribution in [0.15, 0.2) is 53.9 Å². The average molecular weight is 515 g/mol. The van der Waals surface area contributed by atoms with Crippen molar-refractivity contribution < 1.29 is 29.0 Å². The summed E-state index contributed by atoms with van der Waals surface area (Å²) in [5, 5.41) is 15.8. The summed E-state index contributed by atoms with van der Waals surface area (Å²) in [5.41, 5.74) is 0.924. The summed E-state index contributed by atoms with van der Waals surface area (Å²) >= 11 is 7.11. The highest BCUT2D eigenvalue weighted by molar-refractivity contribution is 7.14. The maximum absolute atomic E-state index is 13.4. The molecule has 2 aromatic carbocycles. The molecular weight excluding hydrogens is 496 g/mol. The van der Waals surface area contributed by atoms with E-state index in [0.717, 1.165) is 21.8 Å². The maximum Gasteiger partial charge on any atom is 0.355 e. The molecule has 0 radical (unpaired) electrons. The summed E-state index contributed by atoms with van der Waals surface area (Å²) in [6.45, 7) is 0. The number of aromatic nitrogens is 1. The van der Waals surface area contributed by atoms with Gasteiger partial charge < -0.3 is 20.5 Å². The van der Waals surface area contributed by atoms with Gasteiger partial charge in [-0.05, 0) is 23.3 Å². The van der Waals surface area contributed by atoms with Crippen molar-refractivity contribution in [3.63, 3.8) is 0 Å². The van der Waals surface area contributed by atoms with Gasteiger partial charge in [-0.3, -0.25) is 9.59 Å². The standard InChI is InChI=1S/C23H19ClN4O6S/c1-34-17-8-7-13(10-14(17)24)18-20(30)28(23(33)26-18)16(9-12-5-3-2-4-6-12)19(29)27-22-25-15(11-35-22)21(31)32/h2-8,10-11,16,18H,9H2,1H3,(H,26,33)(H,31,32)(H,25,27,29). The van der Waals surface area contributed by atoms with Gasteiger partial charge in [0.1, 0.15) is 17.8 Å². The Labute approximate surface area is 208 Å². The summed E-state index contributed by atoms with van der Waals surface area (Å²) in [5.74, 6) is -2.14. The van der Waals surface area contributed by atoms with E-state index >= 15 is 0 Å². The van der Waals surface area contributed by atoms with Crippen LogP contribution in [0.1, 0.15) is 27.7 Å². The minimum atomic E-state index is -1.24. The molecule has 0 spiro atoms. The number of methoxy groups -OCH3 is 1. The first-order valence-corrected chi connectivity index (χ1v) is 11.5. The van der Waals surface area contributed by atoms with E-state index in [1.165, 1.54) is 18.6 Å². The second kappa shape index (κ2) is 10.1. The smallest absolute Gasteiger partial charge is 0.355 e. The number of benzene rings is 2. The Morgan fingerprint density at radius 2 is 2.00 bits per heavy atom. The molecule has 3 N–H and O–H groups in total. The van der Waals surface area contributed by atoms with Crippen LogP contribution < -0.4 is 15.4 Å². The van der Waals surface area contributed by atoms with Gasteiger partial charge in [0, 0.05) is 11.8 Å². The maximum atomic E-state index is 13.4. The fourth-order valence-corrected chi connectivity index (χ4v) is 4.59. The molecule has 2 unspecified atom stereocenters. The Morgan fingerprint density at radius 1 is 1.26 bits per heavy atom. The van der Waals surface area contributed by atoms with Gasteiger partial charge in [-0.2, -0.15) is 0 Å². The van der Waals surface area contributed by atoms with E-state index in [-0.39, 0.29) is 22.3 Å². The number of nitrogens with one attached hydrogen (secondary N) is 2. The van der Waals surface area contributed by atoms with Crippen LogP contribution in [0.2, 0.25) is 5.02 Å². The fraction of sp³-hybridized carbons (Fsp3) is 0.174. The third-order valence-electron chi connectivity index (χ3n) is 5.32. The van der Waals surface area contributed by atoms with Gasteiger partial charge in [0.2, 0.25) is 5.91 Å². The Bertz CT molecular complexity index is 1300. The lowest BCUT2D eigenvalue weighted by molar-refractivity contribution is -0.134. The summed E-state index contributed by atoms with van der Waals surface area (Å²) in [4.78, 5) is 55.4. The van der Waals surface area contributed by atoms with E-state index in [0.29, 0.717) is 11.3 Å². The zero-order valence-electron chi connectivity index (χ0n) is 18.2. The van der Waals surface area contributed by atoms with Crippen LogP contribution >= 0.6 is 22.9 Å². The molecule has 1 aliphatic rings. The number of halogens is 1. The molecule has 4 amide bonds. The second-order valence-electron chi connectivity index (χ2n) is 7.52. The summed E-state index contributed by atoms with van der Waals surface area (Å²) < 4.78 is 5.13. The highest BCUT2D eigenvalue weighted by Gasteiger charge is 2.45. The number of carbonyl (C=O) groups is 4. The minimum absolute atomic E-state index is 0.0380. The summed E-state index contributed by atoms with van der Waals surface area (Å²) in [7, 11) is 1.46. The number of nitrogens with zero attached hydrogens (tertiary/aromatic N) is 2. The van der Waals surface area contributed by atoms with Crippen LogP contribution in [-0.4, -0.2) is 52.0 Å². The van der Waals surface area contributed by atoms with Gasteiger partial charge in [0.25, 0.3) is 5.91 Å². The molecule has 1 aromatic heterocycles. The van der Waals surface area contributed by atoms with Gasteiger partial charge in [-0.25, -0.2) is 19.5 Å². The molecule has 35 heavy (non-hydrogen) atoms. The topological polar surface area (TPSA) is 138 Å². The van der Waals surface area contributed by atoms with Gasteiger partial charge >= 0.3 is 12.0 Å². The van der Waals surface area contributed by atoms with Crippen LogP contribution in [0.4, 0.5) is 9.93 Å². The van der Waals surface area contributed by atoms with Crippen molar-refractivity contribution in [2.75, 3.05) is 12.4 Å². The molecule has 0 saturated carbocycles. The second-order valence-corrected chi connectivity index (χ2v) is 8.79. The highest BCUT2D eigenvalue weighted by Crippen LogP contribution is 2.31. The lowest BCUT2D eigenvalue weighted by Crippen LogP contribution is -2.49. The fourth-order valence-electron chi connectivity index (χ4n) is 3.63. The molecule has 1 saturated heterocycles. The van der Waals surface area contributed by atoms with Crippen LogP contribution in [0.5, 0.6) is 5.75 Å². The number of rotatable bonds is 8. The molecule has 12 heteroatoms. The van der Waals surface area contributed by atoms with Crippen molar-refractivity contribution in [3.8, 4) is 5.75 Å². The third-order valence-corrected chi connectivity index (χ3v) is 6.37. The number of carbonyl (C=O) groups excluding carboxylic acids is 3. The molecule has 0 aliphatic carbocycles. The predicted octanol–water partition coefficient (Wildman–Crippen LogP) is 3.35. The number of carboxylic acid groups (broad SMARTS) is 1. The first kappa shape index (κ1) is 24.2. The van der Waals surface area contributed by atoms with Crippen molar-refractivity contribution in [2.45, 2.75) is 18.5 Å². The Hall–Kier alpha value is -3.96. The summed E-state index contributed by atoms with van der Waals surface area (Å²) in [6, 6.07) is 10.6. The molecule has 4 rings (SSSR count). The Kier molecular flexibility index (Phi) is 6.99. The molecule has 180 valence electrons. The van der Waals surface area contributed by atoms with Crippen molar-refractivity contribution in [1.29, 1.82) is 0 Å². The molecular formula is C23H19ClN4O6S. The van der Waals surface area contributed by atoms with E-state index in [1.807, 2.05) is 0 Å². The summed E-state index contributed by atoms with van der Waals surface area (Å²) in [6.07, 6.45) is 0.0408. The molecule has 2 heterocycles. The van der Waals surface area contributed by atoms with E-state index in [2.05, 4.69) is 15.6 Å². The lowest BCUT2D eigenvalue weighted by atomic mass is 10.0. The van der Waals surface area contributed by atoms with Gasteiger partial charge in [0.05, 0.1) is 12.1 Å². The van der Waals surface area contributed by atoms with Crippen LogP contribution in [0.25, 0.3) is 0 Å². The Morgan fingerprint density at radius 3 is 2.63 bits per heavy atom. The van der Waals surface area contributed by atoms with E-state index < -0.39 is 35.9 Å². The number of imide groups is 1. The third kappa shape index (κ3) is 5.10. The first-order valence-electron chi connectivity index (χ1n) is 10.3. The number of carboxylic acids is 1. The predicted molar refractivity (Wildman–Crippen MR) is 128 cm³/mol. The van der Waals surface area contributed by atoms with Crippen molar-refractivity contribution in [2.24, 2.45) is 0 Å². The number of amides is 4. The van der Waals surface area contributed by atoms with Gasteiger partial charge in [0.15, 0.2) is 10.8 Å². The van der Waals surface area contributed by atoms with E-state index in [4.69, 9.17) is 21.4 Å². The number of hydrogen-bond donors (Lipinski definition) is 3. The van der Waals surface area contributed by atoms with Crippen molar-refractivity contribution in [3.05, 3.63) is 75.8 Å². The van der Waals surface area contributed by atoms with Crippen LogP contribution in [0.3, 0.4) is 0 Å². The number of aromatic carboxylic acids is 1. The molecule has 0 bridgehead atoms. The van der Waals surface area contributed by atoms with E-state index in [1.54, 1.807) is 42.5 Å². The molecule has 2 atom stereocenters. The normalized spacial score (nSPS) is 16.1. The lowest BCUT2D eigenvalue weighted by Gasteiger charge is -2.24. The average Bonchev–Trinajstić information content (AvgIpc) is 3.42. The molecule has 1 fully saturated rings. The van der Waals surface area contributed by atoms with Gasteiger partial charge in [-0.15, -0.1) is 11.3 Å². The quantitative estimate of drug-likeness (QED) is 0.392. The molecule has 1 aliphatic heterocycles. The monoisotopic (exact) mass is 514 g/mol. The highest BCUT2D eigenvalue weighted by atomic mass is 35.5. The van der Waals surface area contributed by atoms with Crippen molar-refractivity contribution in [1.82, 2.24) is 15.2 Å². The first-order chi connectivity index (χ1) is 16.8. The zero-order valence-corrected chi connectivity index (χ0v) is 19.8. The molecule has 10 nitrogen and oxygen atoms in total. The largest absolute Gasteiger partial charge is 0.495 e. The SMILES string of the molecule is COc1ccc(C2NC(=O)N(C(Cc3ccccc3)C(=O)Nc3nc(C(=O)O)cs3)C2=O)cc1Cl. The number of ether oxygens (including phenoxy) is 1. The minimum Gasteiger partial charge on any atom is -0.495 e.